The van der Waals surface area contributed by atoms with Gasteiger partial charge in [0.05, 0.1) is 0 Å². The van der Waals surface area contributed by atoms with Crippen molar-refractivity contribution >= 4 is 28.3 Å². The molecule has 0 aromatic heterocycles. The van der Waals surface area contributed by atoms with Gasteiger partial charge >= 0.3 is 0 Å². The molecule has 0 saturated heterocycles. The van der Waals surface area contributed by atoms with Gasteiger partial charge in [0.15, 0.2) is 0 Å². The van der Waals surface area contributed by atoms with Gasteiger partial charge in [-0.1, -0.05) is 30.3 Å². The number of carbonyl (C=O) groups excluding carboxylic acids is 2. The van der Waals surface area contributed by atoms with Gasteiger partial charge in [-0.15, -0.1) is 0 Å². The molecule has 1 N–H and O–H groups in total. The van der Waals surface area contributed by atoms with Crippen LogP contribution in [0.15, 0.2) is 36.4 Å². The molecule has 20 heavy (non-hydrogen) atoms. The number of carbonyl (C=O) groups is 2. The van der Waals surface area contributed by atoms with Crippen LogP contribution < -0.4 is 10.2 Å². The smallest absolute Gasteiger partial charge is 0.249 e. The predicted octanol–water partition coefficient (Wildman–Crippen LogP) is 1.86. The van der Waals surface area contributed by atoms with E-state index in [9.17, 15) is 9.59 Å². The molecule has 2 amide bonds. The van der Waals surface area contributed by atoms with Crippen molar-refractivity contribution in [3.63, 3.8) is 0 Å². The molecular formula is C16H16N2O2. The maximum atomic E-state index is 12.3. The number of benzene rings is 2. The summed E-state index contributed by atoms with van der Waals surface area (Å²) in [7, 11) is 1.75. The lowest BCUT2D eigenvalue weighted by Crippen LogP contribution is -2.51. The maximum absolute atomic E-state index is 12.3. The third kappa shape index (κ3) is 1.93. The molecule has 0 fully saturated rings. The molecule has 0 bridgehead atoms. The SMILES string of the molecule is CC(=O)N[C@@H]1Cc2c(ccc3ccccc23)N(C)C1=O. The minimum absolute atomic E-state index is 0.0667. The lowest BCUT2D eigenvalue weighted by molar-refractivity contribution is -0.126. The first-order valence-corrected chi connectivity index (χ1v) is 6.63. The van der Waals surface area contributed by atoms with E-state index in [0.717, 1.165) is 22.0 Å². The zero-order chi connectivity index (χ0) is 14.3. The first-order valence-electron chi connectivity index (χ1n) is 6.63. The lowest BCUT2D eigenvalue weighted by Gasteiger charge is -2.32. The van der Waals surface area contributed by atoms with E-state index in [1.54, 1.807) is 11.9 Å². The number of nitrogens with zero attached hydrogens (tertiary/aromatic N) is 1. The number of likely N-dealkylation sites (N-methyl/N-ethyl adjacent to an activating group) is 1. The Bertz CT molecular complexity index is 709. The average Bonchev–Trinajstić information content (AvgIpc) is 2.43. The highest BCUT2D eigenvalue weighted by molar-refractivity contribution is 6.05. The lowest BCUT2D eigenvalue weighted by atomic mass is 9.92. The molecule has 4 heteroatoms. The average molecular weight is 268 g/mol. The third-order valence-corrected chi connectivity index (χ3v) is 3.79. The highest BCUT2D eigenvalue weighted by Crippen LogP contribution is 2.33. The Kier molecular flexibility index (Phi) is 2.93. The molecule has 4 nitrogen and oxygen atoms in total. The second-order valence-corrected chi connectivity index (χ2v) is 5.14. The van der Waals surface area contributed by atoms with Crippen LogP contribution in [0.25, 0.3) is 10.8 Å². The molecule has 0 aliphatic carbocycles. The Hall–Kier alpha value is -2.36. The summed E-state index contributed by atoms with van der Waals surface area (Å²) in [6.45, 7) is 1.44. The van der Waals surface area contributed by atoms with E-state index in [1.165, 1.54) is 6.92 Å². The largest absolute Gasteiger partial charge is 0.344 e. The van der Waals surface area contributed by atoms with Crippen LogP contribution in [0.5, 0.6) is 0 Å². The molecule has 0 unspecified atom stereocenters. The van der Waals surface area contributed by atoms with Gasteiger partial charge in [-0.2, -0.15) is 0 Å². The van der Waals surface area contributed by atoms with Crippen LogP contribution in [-0.4, -0.2) is 24.9 Å². The molecule has 3 rings (SSSR count). The van der Waals surface area contributed by atoms with Crippen LogP contribution in [0.2, 0.25) is 0 Å². The van der Waals surface area contributed by atoms with Crippen LogP contribution in [0.1, 0.15) is 12.5 Å². The number of fused-ring (bicyclic) bond motifs is 3. The molecule has 1 aliphatic heterocycles. The Morgan fingerprint density at radius 3 is 2.75 bits per heavy atom. The van der Waals surface area contributed by atoms with E-state index in [2.05, 4.69) is 17.4 Å². The number of hydrogen-bond acceptors (Lipinski definition) is 2. The number of amides is 2. The predicted molar refractivity (Wildman–Crippen MR) is 78.7 cm³/mol. The first kappa shape index (κ1) is 12.7. The zero-order valence-corrected chi connectivity index (χ0v) is 11.5. The molecule has 0 spiro atoms. The molecule has 0 radical (unpaired) electrons. The van der Waals surface area contributed by atoms with Crippen LogP contribution >= 0.6 is 0 Å². The van der Waals surface area contributed by atoms with Gasteiger partial charge in [-0.05, 0) is 22.4 Å². The second kappa shape index (κ2) is 4.63. The molecule has 1 heterocycles. The highest BCUT2D eigenvalue weighted by atomic mass is 16.2. The number of rotatable bonds is 1. The molecule has 2 aromatic rings. The summed E-state index contributed by atoms with van der Waals surface area (Å²) in [5.41, 5.74) is 2.04. The summed E-state index contributed by atoms with van der Waals surface area (Å²) in [6.07, 6.45) is 0.541. The van der Waals surface area contributed by atoms with Gasteiger partial charge in [0.2, 0.25) is 11.8 Å². The summed E-state index contributed by atoms with van der Waals surface area (Å²) in [5.74, 6) is -0.247. The van der Waals surface area contributed by atoms with Crippen molar-refractivity contribution in [1.82, 2.24) is 5.32 Å². The van der Waals surface area contributed by atoms with E-state index >= 15 is 0 Å². The summed E-state index contributed by atoms with van der Waals surface area (Å²) in [5, 5.41) is 5.02. The minimum atomic E-state index is -0.476. The van der Waals surface area contributed by atoms with Gasteiger partial charge in [0.1, 0.15) is 6.04 Å². The molecule has 2 aromatic carbocycles. The van der Waals surface area contributed by atoms with E-state index in [4.69, 9.17) is 0 Å². The van der Waals surface area contributed by atoms with Gasteiger partial charge < -0.3 is 10.2 Å². The van der Waals surface area contributed by atoms with Gasteiger partial charge in [0.25, 0.3) is 0 Å². The number of hydrogen-bond donors (Lipinski definition) is 1. The van der Waals surface area contributed by atoms with Crippen molar-refractivity contribution in [2.24, 2.45) is 0 Å². The standard InChI is InChI=1S/C16H16N2O2/c1-10(19)17-14-9-13-12-6-4-3-5-11(12)7-8-15(13)18(2)16(14)20/h3-8,14H,9H2,1-2H3,(H,17,19)/t14-/m1/s1. The fourth-order valence-electron chi connectivity index (χ4n) is 2.86. The molecule has 0 saturated carbocycles. The van der Waals surface area contributed by atoms with Crippen LogP contribution in [0, 0.1) is 0 Å². The monoisotopic (exact) mass is 268 g/mol. The molecule has 1 aliphatic rings. The summed E-state index contributed by atoms with van der Waals surface area (Å²) in [4.78, 5) is 25.2. The third-order valence-electron chi connectivity index (χ3n) is 3.79. The fourth-order valence-corrected chi connectivity index (χ4v) is 2.86. The van der Waals surface area contributed by atoms with E-state index in [-0.39, 0.29) is 11.8 Å². The molecule has 102 valence electrons. The maximum Gasteiger partial charge on any atom is 0.249 e. The second-order valence-electron chi connectivity index (χ2n) is 5.14. The van der Waals surface area contributed by atoms with Crippen LogP contribution in [0.4, 0.5) is 5.69 Å². The quantitative estimate of drug-likeness (QED) is 0.858. The van der Waals surface area contributed by atoms with Crippen molar-refractivity contribution < 1.29 is 9.59 Å². The van der Waals surface area contributed by atoms with Crippen LogP contribution in [-0.2, 0) is 16.0 Å². The van der Waals surface area contributed by atoms with Crippen LogP contribution in [0.3, 0.4) is 0 Å². The van der Waals surface area contributed by atoms with E-state index in [0.29, 0.717) is 6.42 Å². The molecule has 1 atom stereocenters. The van der Waals surface area contributed by atoms with Gasteiger partial charge in [0, 0.05) is 26.1 Å². The van der Waals surface area contributed by atoms with Crippen molar-refractivity contribution in [1.29, 1.82) is 0 Å². The number of nitrogens with one attached hydrogen (secondary N) is 1. The Morgan fingerprint density at radius 2 is 2.00 bits per heavy atom. The van der Waals surface area contributed by atoms with E-state index < -0.39 is 6.04 Å². The van der Waals surface area contributed by atoms with Crippen molar-refractivity contribution in [2.75, 3.05) is 11.9 Å². The highest BCUT2D eigenvalue weighted by Gasteiger charge is 2.31. The fraction of sp³-hybridized carbons (Fsp3) is 0.250. The Balaban J connectivity index is 2.14. The van der Waals surface area contributed by atoms with E-state index in [1.807, 2.05) is 24.3 Å². The Labute approximate surface area is 117 Å². The topological polar surface area (TPSA) is 49.4 Å². The van der Waals surface area contributed by atoms with Gasteiger partial charge in [-0.25, -0.2) is 0 Å². The summed E-state index contributed by atoms with van der Waals surface area (Å²) < 4.78 is 0. The Morgan fingerprint density at radius 1 is 1.25 bits per heavy atom. The first-order chi connectivity index (χ1) is 9.58. The van der Waals surface area contributed by atoms with Gasteiger partial charge in [-0.3, -0.25) is 9.59 Å². The summed E-state index contributed by atoms with van der Waals surface area (Å²) in [6, 6.07) is 11.6. The normalized spacial score (nSPS) is 18.0. The summed E-state index contributed by atoms with van der Waals surface area (Å²) >= 11 is 0. The van der Waals surface area contributed by atoms with Crippen molar-refractivity contribution in [3.05, 3.63) is 42.0 Å². The minimum Gasteiger partial charge on any atom is -0.344 e. The van der Waals surface area contributed by atoms with Crippen molar-refractivity contribution in [3.8, 4) is 0 Å². The molecular weight excluding hydrogens is 252 g/mol. The zero-order valence-electron chi connectivity index (χ0n) is 11.5. The van der Waals surface area contributed by atoms with Crippen molar-refractivity contribution in [2.45, 2.75) is 19.4 Å². The number of anilines is 1.